The predicted molar refractivity (Wildman–Crippen MR) is 113 cm³/mol. The van der Waals surface area contributed by atoms with E-state index in [9.17, 15) is 14.7 Å². The van der Waals surface area contributed by atoms with Crippen molar-refractivity contribution in [2.24, 2.45) is 0 Å². The molecule has 0 radical (unpaired) electrons. The van der Waals surface area contributed by atoms with Crippen molar-refractivity contribution in [3.05, 3.63) is 65.5 Å². The zero-order valence-electron chi connectivity index (χ0n) is 17.6. The zero-order chi connectivity index (χ0) is 21.7. The Hall–Kier alpha value is -3.19. The van der Waals surface area contributed by atoms with Gasteiger partial charge in [-0.3, -0.25) is 14.6 Å². The Labute approximate surface area is 176 Å². The number of rotatable bonds is 8. The molecule has 2 N–H and O–H groups in total. The summed E-state index contributed by atoms with van der Waals surface area (Å²) in [5, 5.41) is 10.9. The third kappa shape index (κ3) is 4.52. The molecule has 7 nitrogen and oxygen atoms in total. The number of ether oxygens (including phenoxy) is 1. The molecule has 30 heavy (non-hydrogen) atoms. The average molecular weight is 410 g/mol. The molecule has 1 aliphatic rings. The maximum absolute atomic E-state index is 12.9. The van der Waals surface area contributed by atoms with Gasteiger partial charge >= 0.3 is 0 Å². The third-order valence-corrected chi connectivity index (χ3v) is 5.08. The number of quaternary nitrogens is 1. The van der Waals surface area contributed by atoms with Crippen molar-refractivity contribution in [2.75, 3.05) is 33.8 Å². The number of nitrogens with zero attached hydrogens (tertiary/aromatic N) is 2. The molecule has 1 amide bonds. The molecule has 0 aliphatic carbocycles. The van der Waals surface area contributed by atoms with E-state index >= 15 is 0 Å². The van der Waals surface area contributed by atoms with E-state index in [1.54, 1.807) is 17.0 Å². The Morgan fingerprint density at radius 1 is 1.13 bits per heavy atom. The molecule has 0 spiro atoms. The van der Waals surface area contributed by atoms with Crippen LogP contribution in [0.3, 0.4) is 0 Å². The number of Topliss-reactive ketones (excluding diaryl/α,β-unsaturated/α-hetero) is 1. The Morgan fingerprint density at radius 2 is 1.80 bits per heavy atom. The largest absolute Gasteiger partial charge is 0.507 e. The quantitative estimate of drug-likeness (QED) is 0.391. The summed E-state index contributed by atoms with van der Waals surface area (Å²) in [6.07, 6.45) is 3.83. The minimum atomic E-state index is -0.666. The van der Waals surface area contributed by atoms with Gasteiger partial charge in [-0.1, -0.05) is 12.1 Å². The van der Waals surface area contributed by atoms with Crippen molar-refractivity contribution >= 4 is 17.4 Å². The van der Waals surface area contributed by atoms with Crippen LogP contribution in [0.15, 0.2) is 54.4 Å². The molecule has 1 atom stereocenters. The van der Waals surface area contributed by atoms with E-state index in [1.165, 1.54) is 17.3 Å². The highest BCUT2D eigenvalue weighted by Crippen LogP contribution is 2.39. The van der Waals surface area contributed by atoms with Gasteiger partial charge < -0.3 is 19.6 Å². The lowest BCUT2D eigenvalue weighted by Crippen LogP contribution is -3.05. The minimum Gasteiger partial charge on any atom is -0.507 e. The standard InChI is InChI=1S/C23H27N3O4/c1-4-30-18-8-6-16(7-9-18)20-19(21(27)17-10-12-24-13-11-17)22(28)23(29)26(20)15-5-14-25(2)3/h6-13,20,27H,4-5,14-15H2,1-3H3/p+1/t20-/m0/s1. The summed E-state index contributed by atoms with van der Waals surface area (Å²) in [5.41, 5.74) is 1.31. The topological polar surface area (TPSA) is 84.2 Å². The van der Waals surface area contributed by atoms with Crippen LogP contribution in [0, 0.1) is 0 Å². The molecule has 1 fully saturated rings. The average Bonchev–Trinajstić information content (AvgIpc) is 2.99. The number of aliphatic hydroxyl groups is 1. The van der Waals surface area contributed by atoms with Crippen LogP contribution >= 0.6 is 0 Å². The molecule has 1 saturated heterocycles. The molecule has 1 aromatic carbocycles. The van der Waals surface area contributed by atoms with E-state index in [0.29, 0.717) is 24.5 Å². The molecular formula is C23H28N3O4+. The number of nitrogens with one attached hydrogen (secondary N) is 1. The number of aromatic nitrogens is 1. The summed E-state index contributed by atoms with van der Waals surface area (Å²) in [6.45, 7) is 3.75. The number of carbonyl (C=O) groups is 2. The van der Waals surface area contributed by atoms with E-state index < -0.39 is 17.7 Å². The minimum absolute atomic E-state index is 0.104. The summed E-state index contributed by atoms with van der Waals surface area (Å²) < 4.78 is 5.51. The van der Waals surface area contributed by atoms with Crippen molar-refractivity contribution in [3.8, 4) is 5.75 Å². The van der Waals surface area contributed by atoms with Crippen molar-refractivity contribution in [1.29, 1.82) is 0 Å². The maximum Gasteiger partial charge on any atom is 0.295 e. The summed E-state index contributed by atoms with van der Waals surface area (Å²) in [5.74, 6) is -0.724. The summed E-state index contributed by atoms with van der Waals surface area (Å²) >= 11 is 0. The number of hydrogen-bond acceptors (Lipinski definition) is 5. The fraction of sp³-hybridized carbons (Fsp3) is 0.348. The molecule has 3 rings (SSSR count). The van der Waals surface area contributed by atoms with E-state index in [0.717, 1.165) is 18.5 Å². The van der Waals surface area contributed by atoms with Gasteiger partial charge in [0, 0.05) is 30.9 Å². The Morgan fingerprint density at radius 3 is 2.40 bits per heavy atom. The van der Waals surface area contributed by atoms with Gasteiger partial charge in [0.15, 0.2) is 0 Å². The fourth-order valence-electron chi connectivity index (χ4n) is 3.64. The first kappa shape index (κ1) is 21.5. The van der Waals surface area contributed by atoms with E-state index in [1.807, 2.05) is 45.3 Å². The summed E-state index contributed by atoms with van der Waals surface area (Å²) in [6, 6.07) is 9.90. The van der Waals surface area contributed by atoms with Crippen LogP contribution in [-0.4, -0.2) is 60.5 Å². The number of hydrogen-bond donors (Lipinski definition) is 2. The fourth-order valence-corrected chi connectivity index (χ4v) is 3.64. The molecule has 0 unspecified atom stereocenters. The Balaban J connectivity index is 2.05. The maximum atomic E-state index is 12.9. The summed E-state index contributed by atoms with van der Waals surface area (Å²) in [7, 11) is 4.09. The molecular weight excluding hydrogens is 382 g/mol. The lowest BCUT2D eigenvalue weighted by atomic mass is 9.95. The molecule has 2 aromatic rings. The van der Waals surface area contributed by atoms with Crippen molar-refractivity contribution in [3.63, 3.8) is 0 Å². The van der Waals surface area contributed by atoms with Gasteiger partial charge in [-0.25, -0.2) is 0 Å². The predicted octanol–water partition coefficient (Wildman–Crippen LogP) is 1.44. The first-order valence-corrected chi connectivity index (χ1v) is 10.1. The second-order valence-electron chi connectivity index (χ2n) is 7.54. The van der Waals surface area contributed by atoms with Gasteiger partial charge in [-0.15, -0.1) is 0 Å². The number of ketones is 1. The summed E-state index contributed by atoms with van der Waals surface area (Å²) in [4.78, 5) is 32.6. The molecule has 1 aromatic heterocycles. The molecule has 2 heterocycles. The monoisotopic (exact) mass is 410 g/mol. The van der Waals surface area contributed by atoms with Gasteiger partial charge in [0.25, 0.3) is 11.7 Å². The lowest BCUT2D eigenvalue weighted by Gasteiger charge is -2.25. The van der Waals surface area contributed by atoms with E-state index in [2.05, 4.69) is 4.98 Å². The van der Waals surface area contributed by atoms with Crippen LogP contribution in [0.1, 0.15) is 30.5 Å². The normalized spacial score (nSPS) is 18.3. The van der Waals surface area contributed by atoms with Crippen LogP contribution in [0.4, 0.5) is 0 Å². The molecule has 158 valence electrons. The van der Waals surface area contributed by atoms with Crippen LogP contribution < -0.4 is 9.64 Å². The van der Waals surface area contributed by atoms with Crippen LogP contribution in [0.25, 0.3) is 5.76 Å². The van der Waals surface area contributed by atoms with Crippen molar-refractivity contribution in [1.82, 2.24) is 9.88 Å². The van der Waals surface area contributed by atoms with Crippen LogP contribution in [0.2, 0.25) is 0 Å². The highest BCUT2D eigenvalue weighted by molar-refractivity contribution is 6.46. The number of amides is 1. The van der Waals surface area contributed by atoms with Crippen molar-refractivity contribution in [2.45, 2.75) is 19.4 Å². The SMILES string of the molecule is CCOc1ccc([C@H]2C(=C(O)c3ccncc3)C(=O)C(=O)N2CCC[NH+](C)C)cc1. The smallest absolute Gasteiger partial charge is 0.295 e. The number of benzene rings is 1. The third-order valence-electron chi connectivity index (χ3n) is 5.08. The Kier molecular flexibility index (Phi) is 6.84. The van der Waals surface area contributed by atoms with Gasteiger partial charge in [0.05, 0.1) is 38.9 Å². The second kappa shape index (κ2) is 9.54. The van der Waals surface area contributed by atoms with E-state index in [-0.39, 0.29) is 11.3 Å². The zero-order valence-corrected chi connectivity index (χ0v) is 17.6. The number of pyridine rings is 1. The number of likely N-dealkylation sites (tertiary alicyclic amines) is 1. The van der Waals surface area contributed by atoms with Gasteiger partial charge in [0.2, 0.25) is 0 Å². The number of aliphatic hydroxyl groups excluding tert-OH is 1. The first-order valence-electron chi connectivity index (χ1n) is 10.1. The lowest BCUT2D eigenvalue weighted by molar-refractivity contribution is -0.858. The second-order valence-corrected chi connectivity index (χ2v) is 7.54. The van der Waals surface area contributed by atoms with Crippen LogP contribution in [0.5, 0.6) is 5.75 Å². The highest BCUT2D eigenvalue weighted by Gasteiger charge is 2.45. The molecule has 7 heteroatoms. The molecule has 0 saturated carbocycles. The number of carbonyl (C=O) groups excluding carboxylic acids is 2. The van der Waals surface area contributed by atoms with Gasteiger partial charge in [0.1, 0.15) is 11.5 Å². The van der Waals surface area contributed by atoms with Gasteiger partial charge in [-0.2, -0.15) is 0 Å². The van der Waals surface area contributed by atoms with E-state index in [4.69, 9.17) is 4.74 Å². The molecule has 0 bridgehead atoms. The van der Waals surface area contributed by atoms with Gasteiger partial charge in [-0.05, 0) is 36.8 Å². The highest BCUT2D eigenvalue weighted by atomic mass is 16.5. The van der Waals surface area contributed by atoms with Crippen molar-refractivity contribution < 1.29 is 24.3 Å². The Bertz CT molecular complexity index is 923. The molecule has 1 aliphatic heterocycles. The van der Waals surface area contributed by atoms with Crippen LogP contribution in [-0.2, 0) is 9.59 Å². The first-order chi connectivity index (χ1) is 14.4.